The molecule has 1 nitrogen and oxygen atoms in total. The van der Waals surface area contributed by atoms with Crippen LogP contribution in [-0.2, 0) is 6.54 Å². The van der Waals surface area contributed by atoms with Crippen LogP contribution < -0.4 is 5.32 Å². The molecular weight excluding hydrogens is 249 g/mol. The molecule has 0 radical (unpaired) electrons. The van der Waals surface area contributed by atoms with Gasteiger partial charge < -0.3 is 5.32 Å². The minimum atomic E-state index is 0.759. The van der Waals surface area contributed by atoms with Crippen molar-refractivity contribution in [3.8, 4) is 0 Å². The van der Waals surface area contributed by atoms with E-state index in [1.807, 2.05) is 6.07 Å². The van der Waals surface area contributed by atoms with Crippen LogP contribution in [0.15, 0.2) is 22.7 Å². The van der Waals surface area contributed by atoms with Crippen molar-refractivity contribution in [2.45, 2.75) is 25.4 Å². The Morgan fingerprint density at radius 3 is 2.85 bits per heavy atom. The lowest BCUT2D eigenvalue weighted by molar-refractivity contribution is 0.687. The molecule has 0 aromatic heterocycles. The molecule has 1 aromatic carbocycles. The van der Waals surface area contributed by atoms with E-state index in [1.165, 1.54) is 18.4 Å². The SMILES string of the molecule is Clc1ccc(CNC2CC2)cc1Br. The molecule has 1 aromatic rings. The normalized spacial score (nSPS) is 16.2. The summed E-state index contributed by atoms with van der Waals surface area (Å²) in [5, 5.41) is 4.23. The van der Waals surface area contributed by atoms with Gasteiger partial charge in [0.25, 0.3) is 0 Å². The van der Waals surface area contributed by atoms with Gasteiger partial charge in [0.05, 0.1) is 5.02 Å². The molecule has 0 spiro atoms. The van der Waals surface area contributed by atoms with Crippen molar-refractivity contribution in [1.82, 2.24) is 5.32 Å². The van der Waals surface area contributed by atoms with Crippen molar-refractivity contribution in [1.29, 1.82) is 0 Å². The Kier molecular flexibility index (Phi) is 2.92. The highest BCUT2D eigenvalue weighted by atomic mass is 79.9. The zero-order chi connectivity index (χ0) is 9.26. The second-order valence-electron chi connectivity index (χ2n) is 3.40. The van der Waals surface area contributed by atoms with Crippen LogP contribution in [0.5, 0.6) is 0 Å². The monoisotopic (exact) mass is 259 g/mol. The Labute approximate surface area is 91.6 Å². The van der Waals surface area contributed by atoms with Gasteiger partial charge in [-0.3, -0.25) is 0 Å². The van der Waals surface area contributed by atoms with Gasteiger partial charge in [-0.15, -0.1) is 0 Å². The molecule has 0 aliphatic heterocycles. The maximum Gasteiger partial charge on any atom is 0.0548 e. The van der Waals surface area contributed by atoms with E-state index in [-0.39, 0.29) is 0 Å². The predicted octanol–water partition coefficient (Wildman–Crippen LogP) is 3.35. The van der Waals surface area contributed by atoms with Crippen LogP contribution in [0.1, 0.15) is 18.4 Å². The van der Waals surface area contributed by atoms with Gasteiger partial charge in [0.15, 0.2) is 0 Å². The third kappa shape index (κ3) is 2.70. The number of benzene rings is 1. The Hall–Kier alpha value is -0.0500. The first-order valence-electron chi connectivity index (χ1n) is 4.43. The molecule has 13 heavy (non-hydrogen) atoms. The second kappa shape index (κ2) is 3.99. The molecule has 1 saturated carbocycles. The van der Waals surface area contributed by atoms with Crippen molar-refractivity contribution in [3.05, 3.63) is 33.3 Å². The number of nitrogens with one attached hydrogen (secondary N) is 1. The molecular formula is C10H11BrClN. The Balaban J connectivity index is 1.98. The molecule has 2 rings (SSSR count). The minimum Gasteiger partial charge on any atom is -0.310 e. The molecule has 70 valence electrons. The quantitative estimate of drug-likeness (QED) is 0.879. The van der Waals surface area contributed by atoms with Crippen LogP contribution in [-0.4, -0.2) is 6.04 Å². The summed E-state index contributed by atoms with van der Waals surface area (Å²) >= 11 is 9.30. The maximum atomic E-state index is 5.89. The first-order valence-corrected chi connectivity index (χ1v) is 5.60. The van der Waals surface area contributed by atoms with E-state index in [1.54, 1.807) is 0 Å². The van der Waals surface area contributed by atoms with Gasteiger partial charge in [0.1, 0.15) is 0 Å². The third-order valence-electron chi connectivity index (χ3n) is 2.16. The Morgan fingerprint density at radius 2 is 2.23 bits per heavy atom. The third-order valence-corrected chi connectivity index (χ3v) is 3.37. The molecule has 0 unspecified atom stereocenters. The fraction of sp³-hybridized carbons (Fsp3) is 0.400. The van der Waals surface area contributed by atoms with E-state index in [4.69, 9.17) is 11.6 Å². The lowest BCUT2D eigenvalue weighted by atomic mass is 10.2. The first-order chi connectivity index (χ1) is 6.25. The molecule has 1 aliphatic carbocycles. The van der Waals surface area contributed by atoms with Crippen molar-refractivity contribution >= 4 is 27.5 Å². The van der Waals surface area contributed by atoms with Gasteiger partial charge in [-0.25, -0.2) is 0 Å². The van der Waals surface area contributed by atoms with E-state index in [9.17, 15) is 0 Å². The summed E-state index contributed by atoms with van der Waals surface area (Å²) in [6.07, 6.45) is 2.66. The molecule has 0 saturated heterocycles. The van der Waals surface area contributed by atoms with Crippen LogP contribution >= 0.6 is 27.5 Å². The van der Waals surface area contributed by atoms with E-state index >= 15 is 0 Å². The van der Waals surface area contributed by atoms with Gasteiger partial charge in [-0.2, -0.15) is 0 Å². The van der Waals surface area contributed by atoms with Crippen molar-refractivity contribution < 1.29 is 0 Å². The first kappa shape index (κ1) is 9.50. The van der Waals surface area contributed by atoms with Gasteiger partial charge in [0.2, 0.25) is 0 Å². The van der Waals surface area contributed by atoms with E-state index in [0.29, 0.717) is 0 Å². The molecule has 0 bridgehead atoms. The highest BCUT2D eigenvalue weighted by molar-refractivity contribution is 9.10. The molecule has 0 amide bonds. The van der Waals surface area contributed by atoms with Crippen LogP contribution in [0.2, 0.25) is 5.02 Å². The van der Waals surface area contributed by atoms with Crippen LogP contribution in [0.25, 0.3) is 0 Å². The summed E-state index contributed by atoms with van der Waals surface area (Å²) in [4.78, 5) is 0. The standard InChI is InChI=1S/C10H11BrClN/c11-9-5-7(1-4-10(9)12)6-13-8-2-3-8/h1,4-5,8,13H,2-3,6H2. The van der Waals surface area contributed by atoms with Crippen molar-refractivity contribution in [3.63, 3.8) is 0 Å². The minimum absolute atomic E-state index is 0.759. The number of rotatable bonds is 3. The average Bonchev–Trinajstić information content (AvgIpc) is 2.91. The smallest absolute Gasteiger partial charge is 0.0548 e. The van der Waals surface area contributed by atoms with E-state index in [0.717, 1.165) is 22.1 Å². The fourth-order valence-corrected chi connectivity index (χ4v) is 1.74. The van der Waals surface area contributed by atoms with E-state index < -0.39 is 0 Å². The summed E-state index contributed by atoms with van der Waals surface area (Å²) in [5.41, 5.74) is 1.28. The van der Waals surface area contributed by atoms with Gasteiger partial charge in [-0.1, -0.05) is 17.7 Å². The molecule has 1 aliphatic rings. The second-order valence-corrected chi connectivity index (χ2v) is 4.67. The number of hydrogen-bond acceptors (Lipinski definition) is 1. The summed E-state index contributed by atoms with van der Waals surface area (Å²) in [6, 6.07) is 6.81. The predicted molar refractivity (Wildman–Crippen MR) is 59.0 cm³/mol. The molecule has 3 heteroatoms. The van der Waals surface area contributed by atoms with Crippen LogP contribution in [0, 0.1) is 0 Å². The zero-order valence-electron chi connectivity index (χ0n) is 7.19. The maximum absolute atomic E-state index is 5.89. The largest absolute Gasteiger partial charge is 0.310 e. The highest BCUT2D eigenvalue weighted by Crippen LogP contribution is 2.24. The molecule has 1 fully saturated rings. The summed E-state index contributed by atoms with van der Waals surface area (Å²) in [7, 11) is 0. The summed E-state index contributed by atoms with van der Waals surface area (Å²) < 4.78 is 0.976. The highest BCUT2D eigenvalue weighted by Gasteiger charge is 2.19. The van der Waals surface area contributed by atoms with Crippen LogP contribution in [0.4, 0.5) is 0 Å². The number of hydrogen-bond donors (Lipinski definition) is 1. The fourth-order valence-electron chi connectivity index (χ4n) is 1.20. The number of halogens is 2. The van der Waals surface area contributed by atoms with Crippen LogP contribution in [0.3, 0.4) is 0 Å². The Morgan fingerprint density at radius 1 is 1.46 bits per heavy atom. The summed E-state index contributed by atoms with van der Waals surface area (Å²) in [6.45, 7) is 0.945. The average molecular weight is 261 g/mol. The molecule has 1 N–H and O–H groups in total. The summed E-state index contributed by atoms with van der Waals surface area (Å²) in [5.74, 6) is 0. The van der Waals surface area contributed by atoms with Gasteiger partial charge in [-0.05, 0) is 46.5 Å². The van der Waals surface area contributed by atoms with Crippen molar-refractivity contribution in [2.24, 2.45) is 0 Å². The lowest BCUT2D eigenvalue weighted by Crippen LogP contribution is -2.15. The topological polar surface area (TPSA) is 12.0 Å². The molecule has 0 heterocycles. The van der Waals surface area contributed by atoms with Gasteiger partial charge >= 0.3 is 0 Å². The van der Waals surface area contributed by atoms with Gasteiger partial charge in [0, 0.05) is 17.1 Å². The van der Waals surface area contributed by atoms with E-state index in [2.05, 4.69) is 33.4 Å². The molecule has 0 atom stereocenters. The Bertz CT molecular complexity index is 310. The lowest BCUT2D eigenvalue weighted by Gasteiger charge is -2.04. The zero-order valence-corrected chi connectivity index (χ0v) is 9.53. The van der Waals surface area contributed by atoms with Crippen molar-refractivity contribution in [2.75, 3.05) is 0 Å².